The smallest absolute Gasteiger partial charge is 0.288 e. The van der Waals surface area contributed by atoms with Gasteiger partial charge in [0, 0.05) is 33.1 Å². The van der Waals surface area contributed by atoms with Gasteiger partial charge in [-0.15, -0.1) is 0 Å². The summed E-state index contributed by atoms with van der Waals surface area (Å²) < 4.78 is 0.911. The van der Waals surface area contributed by atoms with Gasteiger partial charge in [-0.1, -0.05) is 46.3 Å². The first-order valence-electron chi connectivity index (χ1n) is 8.97. The molecule has 0 fully saturated rings. The van der Waals surface area contributed by atoms with E-state index >= 15 is 0 Å². The summed E-state index contributed by atoms with van der Waals surface area (Å²) in [5, 5.41) is 15.6. The third-order valence-corrected chi connectivity index (χ3v) is 5.03. The van der Waals surface area contributed by atoms with Crippen molar-refractivity contribution in [2.45, 2.75) is 0 Å². The summed E-state index contributed by atoms with van der Waals surface area (Å²) in [6.07, 6.45) is 1.43. The number of hydrogen-bond donors (Lipinski definition) is 2. The lowest BCUT2D eigenvalue weighted by atomic mass is 10.0. The number of aromatic amines is 1. The first kappa shape index (κ1) is 19.5. The molecule has 0 aliphatic carbocycles. The van der Waals surface area contributed by atoms with Gasteiger partial charge in [0.1, 0.15) is 5.69 Å². The van der Waals surface area contributed by atoms with E-state index in [2.05, 4.69) is 31.4 Å². The molecule has 2 N–H and O–H groups in total. The van der Waals surface area contributed by atoms with Crippen LogP contribution in [0.25, 0.3) is 22.0 Å². The number of halogens is 1. The van der Waals surface area contributed by atoms with Crippen molar-refractivity contribution in [3.05, 3.63) is 98.6 Å². The Balaban J connectivity index is 1.64. The van der Waals surface area contributed by atoms with Crippen LogP contribution >= 0.6 is 15.9 Å². The number of hydrazone groups is 1. The van der Waals surface area contributed by atoms with Crippen LogP contribution in [0.15, 0.2) is 82.4 Å². The number of rotatable bonds is 5. The van der Waals surface area contributed by atoms with Crippen molar-refractivity contribution in [1.29, 1.82) is 0 Å². The number of H-pyrrole nitrogens is 1. The third-order valence-electron chi connectivity index (χ3n) is 4.53. The fourth-order valence-electron chi connectivity index (χ4n) is 3.14. The molecule has 0 aliphatic rings. The zero-order chi connectivity index (χ0) is 21.1. The molecule has 4 rings (SSSR count). The van der Waals surface area contributed by atoms with Crippen LogP contribution in [0.3, 0.4) is 0 Å². The SMILES string of the molecule is O=C(NN=Cc1ccc([N+](=O)[O-])cc1)c1[nH]c2ccc(Br)cc2c1-c1ccccc1. The van der Waals surface area contributed by atoms with E-state index in [9.17, 15) is 14.9 Å². The summed E-state index contributed by atoms with van der Waals surface area (Å²) in [6.45, 7) is 0. The monoisotopic (exact) mass is 462 g/mol. The Hall–Kier alpha value is -3.78. The molecule has 0 radical (unpaired) electrons. The molecule has 7 nitrogen and oxygen atoms in total. The Morgan fingerprint density at radius 3 is 2.50 bits per heavy atom. The summed E-state index contributed by atoms with van der Waals surface area (Å²) in [4.78, 5) is 26.3. The lowest BCUT2D eigenvalue weighted by Crippen LogP contribution is -2.18. The van der Waals surface area contributed by atoms with Crippen molar-refractivity contribution in [3.8, 4) is 11.1 Å². The Morgan fingerprint density at radius 1 is 1.07 bits per heavy atom. The van der Waals surface area contributed by atoms with Gasteiger partial charge >= 0.3 is 0 Å². The molecule has 8 heteroatoms. The number of nitro benzene ring substituents is 1. The van der Waals surface area contributed by atoms with Crippen LogP contribution in [0.2, 0.25) is 0 Å². The molecule has 0 saturated carbocycles. The molecule has 1 heterocycles. The number of carbonyl (C=O) groups excluding carboxylic acids is 1. The quantitative estimate of drug-likeness (QED) is 0.240. The lowest BCUT2D eigenvalue weighted by molar-refractivity contribution is -0.384. The number of amides is 1. The first-order valence-corrected chi connectivity index (χ1v) is 9.77. The third kappa shape index (κ3) is 3.99. The molecule has 4 aromatic rings. The minimum atomic E-state index is -0.470. The molecule has 0 aliphatic heterocycles. The van der Waals surface area contributed by atoms with Crippen molar-refractivity contribution in [1.82, 2.24) is 10.4 Å². The molecule has 0 bridgehead atoms. The second kappa shape index (κ2) is 8.30. The molecular weight excluding hydrogens is 448 g/mol. The minimum Gasteiger partial charge on any atom is -0.350 e. The van der Waals surface area contributed by atoms with Gasteiger partial charge in [-0.3, -0.25) is 14.9 Å². The van der Waals surface area contributed by atoms with Crippen LogP contribution < -0.4 is 5.43 Å². The topological polar surface area (TPSA) is 100 Å². The van der Waals surface area contributed by atoms with E-state index < -0.39 is 4.92 Å². The van der Waals surface area contributed by atoms with Crippen LogP contribution in [0.1, 0.15) is 16.1 Å². The average molecular weight is 463 g/mol. The molecule has 30 heavy (non-hydrogen) atoms. The number of fused-ring (bicyclic) bond motifs is 1. The molecule has 3 aromatic carbocycles. The highest BCUT2D eigenvalue weighted by Gasteiger charge is 2.19. The molecule has 0 atom stereocenters. The van der Waals surface area contributed by atoms with E-state index in [-0.39, 0.29) is 11.6 Å². The molecule has 1 amide bonds. The van der Waals surface area contributed by atoms with Crippen molar-refractivity contribution in [2.75, 3.05) is 0 Å². The molecule has 0 unspecified atom stereocenters. The zero-order valence-electron chi connectivity index (χ0n) is 15.5. The predicted molar refractivity (Wildman–Crippen MR) is 120 cm³/mol. The summed E-state index contributed by atoms with van der Waals surface area (Å²) in [5.74, 6) is -0.390. The molecule has 148 valence electrons. The van der Waals surface area contributed by atoms with Gasteiger partial charge in [0.05, 0.1) is 11.1 Å². The van der Waals surface area contributed by atoms with E-state index in [4.69, 9.17) is 0 Å². The van der Waals surface area contributed by atoms with E-state index in [0.717, 1.165) is 26.5 Å². The zero-order valence-corrected chi connectivity index (χ0v) is 17.1. The fourth-order valence-corrected chi connectivity index (χ4v) is 3.50. The van der Waals surface area contributed by atoms with E-state index in [1.54, 1.807) is 12.1 Å². The highest BCUT2D eigenvalue weighted by atomic mass is 79.9. The highest BCUT2D eigenvalue weighted by molar-refractivity contribution is 9.10. The Kier molecular flexibility index (Phi) is 5.40. The summed E-state index contributed by atoms with van der Waals surface area (Å²) in [7, 11) is 0. The second-order valence-electron chi connectivity index (χ2n) is 6.48. The van der Waals surface area contributed by atoms with Crippen molar-refractivity contribution in [3.63, 3.8) is 0 Å². The summed E-state index contributed by atoms with van der Waals surface area (Å²) >= 11 is 3.49. The van der Waals surface area contributed by atoms with Crippen LogP contribution in [-0.4, -0.2) is 22.0 Å². The van der Waals surface area contributed by atoms with Gasteiger partial charge in [0.15, 0.2) is 0 Å². The van der Waals surface area contributed by atoms with Gasteiger partial charge in [0.2, 0.25) is 0 Å². The lowest BCUT2D eigenvalue weighted by Gasteiger charge is -2.04. The number of aromatic nitrogens is 1. The number of nitro groups is 1. The van der Waals surface area contributed by atoms with Gasteiger partial charge in [-0.05, 0) is 41.5 Å². The number of carbonyl (C=O) groups is 1. The van der Waals surface area contributed by atoms with E-state index in [1.807, 2.05) is 48.5 Å². The maximum atomic E-state index is 12.9. The van der Waals surface area contributed by atoms with Crippen molar-refractivity contribution in [2.24, 2.45) is 5.10 Å². The van der Waals surface area contributed by atoms with Gasteiger partial charge < -0.3 is 4.98 Å². The maximum Gasteiger partial charge on any atom is 0.288 e. The van der Waals surface area contributed by atoms with E-state index in [1.165, 1.54) is 18.3 Å². The molecule has 0 spiro atoms. The highest BCUT2D eigenvalue weighted by Crippen LogP contribution is 2.34. The second-order valence-corrected chi connectivity index (χ2v) is 7.39. The Bertz CT molecular complexity index is 1270. The molecule has 1 aromatic heterocycles. The number of benzene rings is 3. The van der Waals surface area contributed by atoms with E-state index in [0.29, 0.717) is 11.3 Å². The number of nitrogens with one attached hydrogen (secondary N) is 2. The van der Waals surface area contributed by atoms with Crippen LogP contribution in [0.5, 0.6) is 0 Å². The predicted octanol–water partition coefficient (Wildman–Crippen LogP) is 5.27. The Morgan fingerprint density at radius 2 is 1.80 bits per heavy atom. The number of non-ortho nitro benzene ring substituents is 1. The van der Waals surface area contributed by atoms with Crippen molar-refractivity contribution >= 4 is 44.6 Å². The molecular formula is C22H15BrN4O3. The maximum absolute atomic E-state index is 12.9. The van der Waals surface area contributed by atoms with Crippen LogP contribution in [0, 0.1) is 10.1 Å². The van der Waals surface area contributed by atoms with Crippen molar-refractivity contribution < 1.29 is 9.72 Å². The first-order chi connectivity index (χ1) is 14.5. The van der Waals surface area contributed by atoms with Gasteiger partial charge in [-0.25, -0.2) is 5.43 Å². The van der Waals surface area contributed by atoms with Gasteiger partial charge in [-0.2, -0.15) is 5.10 Å². The average Bonchev–Trinajstić information content (AvgIpc) is 3.13. The van der Waals surface area contributed by atoms with Crippen LogP contribution in [0.4, 0.5) is 5.69 Å². The Labute approximate surface area is 179 Å². The van der Waals surface area contributed by atoms with Crippen LogP contribution in [-0.2, 0) is 0 Å². The standard InChI is InChI=1S/C22H15BrN4O3/c23-16-8-11-19-18(12-16)20(15-4-2-1-3-5-15)21(25-19)22(28)26-24-13-14-6-9-17(10-7-14)27(29)30/h1-13,25H,(H,26,28). The summed E-state index contributed by atoms with van der Waals surface area (Å²) in [5.41, 5.74) is 6.08. The summed E-state index contributed by atoms with van der Waals surface area (Å²) in [6, 6.07) is 21.3. The number of hydrogen-bond acceptors (Lipinski definition) is 4. The molecule has 0 saturated heterocycles. The largest absolute Gasteiger partial charge is 0.350 e. The fraction of sp³-hybridized carbons (Fsp3) is 0. The minimum absolute atomic E-state index is 0.00655. The van der Waals surface area contributed by atoms with Gasteiger partial charge in [0.25, 0.3) is 11.6 Å². The number of nitrogens with zero attached hydrogens (tertiary/aromatic N) is 2. The normalized spacial score (nSPS) is 11.1.